The van der Waals surface area contributed by atoms with E-state index < -0.39 is 6.17 Å². The van der Waals surface area contributed by atoms with Crippen molar-refractivity contribution in [3.63, 3.8) is 0 Å². The molecule has 0 aromatic heterocycles. The average Bonchev–Trinajstić information content (AvgIpc) is 2.70. The molecule has 0 spiro atoms. The van der Waals surface area contributed by atoms with Gasteiger partial charge in [0.15, 0.2) is 12.0 Å². The van der Waals surface area contributed by atoms with Gasteiger partial charge in [-0.25, -0.2) is 4.39 Å². The Morgan fingerprint density at radius 1 is 1.14 bits per heavy atom. The number of fused-ring (bicyclic) bond motifs is 5. The largest absolute Gasteiger partial charge is 0.296 e. The molecule has 0 aliphatic heterocycles. The lowest BCUT2D eigenvalue weighted by atomic mass is 9.46. The van der Waals surface area contributed by atoms with Crippen LogP contribution in [0.1, 0.15) is 58.8 Å². The normalized spacial score (nSPS) is 55.8. The van der Waals surface area contributed by atoms with Gasteiger partial charge in [-0.1, -0.05) is 26.0 Å². The number of ketones is 1. The van der Waals surface area contributed by atoms with Gasteiger partial charge in [0, 0.05) is 5.41 Å². The predicted molar refractivity (Wildman–Crippen MR) is 81.5 cm³/mol. The Morgan fingerprint density at radius 3 is 2.76 bits per heavy atom. The van der Waals surface area contributed by atoms with Crippen LogP contribution >= 0.6 is 0 Å². The summed E-state index contributed by atoms with van der Waals surface area (Å²) in [7, 11) is 0. The number of alkyl halides is 1. The molecule has 4 rings (SSSR count). The zero-order valence-corrected chi connectivity index (χ0v) is 13.3. The lowest BCUT2D eigenvalue weighted by molar-refractivity contribution is -0.136. The number of halogens is 1. The van der Waals surface area contributed by atoms with Gasteiger partial charge >= 0.3 is 0 Å². The molecule has 0 N–H and O–H groups in total. The van der Waals surface area contributed by atoms with Crippen LogP contribution in [-0.2, 0) is 4.79 Å². The van der Waals surface area contributed by atoms with E-state index in [1.54, 1.807) is 0 Å². The van der Waals surface area contributed by atoms with E-state index in [0.717, 1.165) is 18.8 Å². The molecule has 0 aromatic carbocycles. The maximum atomic E-state index is 14.1. The minimum absolute atomic E-state index is 0.0857. The first kappa shape index (κ1) is 14.0. The number of hydrogen-bond acceptors (Lipinski definition) is 1. The van der Waals surface area contributed by atoms with E-state index in [1.165, 1.54) is 25.7 Å². The first-order valence-electron chi connectivity index (χ1n) is 8.83. The van der Waals surface area contributed by atoms with Gasteiger partial charge in [0.2, 0.25) is 0 Å². The SMILES string of the molecule is C[C@]12C=CCC[C@@H]1CC[C@@H]1[C@@H]2CC[C@]2(C)C(=O)[C@H](F)C[C@@H]12. The van der Waals surface area contributed by atoms with Gasteiger partial charge in [0.1, 0.15) is 0 Å². The smallest absolute Gasteiger partial charge is 0.173 e. The summed E-state index contributed by atoms with van der Waals surface area (Å²) in [5.41, 5.74) is -0.0535. The Hall–Kier alpha value is -0.660. The topological polar surface area (TPSA) is 17.1 Å². The second-order valence-electron chi connectivity index (χ2n) is 8.52. The summed E-state index contributed by atoms with van der Waals surface area (Å²) in [6.45, 7) is 4.50. The molecule has 0 heterocycles. The van der Waals surface area contributed by atoms with E-state index in [4.69, 9.17) is 0 Å². The molecule has 2 heteroatoms. The second-order valence-corrected chi connectivity index (χ2v) is 8.52. The summed E-state index contributed by atoms with van der Waals surface area (Å²) in [6, 6.07) is 0. The fourth-order valence-corrected chi connectivity index (χ4v) is 6.57. The number of carbonyl (C=O) groups is 1. The Morgan fingerprint density at radius 2 is 1.95 bits per heavy atom. The zero-order valence-electron chi connectivity index (χ0n) is 13.3. The van der Waals surface area contributed by atoms with E-state index in [-0.39, 0.29) is 11.2 Å². The monoisotopic (exact) mass is 290 g/mol. The Labute approximate surface area is 127 Å². The molecule has 7 atom stereocenters. The van der Waals surface area contributed by atoms with Crippen molar-refractivity contribution in [3.8, 4) is 0 Å². The molecule has 0 aromatic rings. The highest BCUT2D eigenvalue weighted by molar-refractivity contribution is 5.91. The minimum atomic E-state index is -1.19. The summed E-state index contributed by atoms with van der Waals surface area (Å²) in [5, 5.41) is 0. The van der Waals surface area contributed by atoms with Crippen molar-refractivity contribution in [2.45, 2.75) is 65.0 Å². The molecule has 0 unspecified atom stereocenters. The number of rotatable bonds is 0. The second kappa shape index (κ2) is 4.43. The van der Waals surface area contributed by atoms with Crippen molar-refractivity contribution < 1.29 is 9.18 Å². The molecular formula is C19H27FO. The first-order chi connectivity index (χ1) is 9.97. The Kier molecular flexibility index (Phi) is 2.94. The van der Waals surface area contributed by atoms with Gasteiger partial charge in [0.05, 0.1) is 0 Å². The summed E-state index contributed by atoms with van der Waals surface area (Å²) >= 11 is 0. The third-order valence-corrected chi connectivity index (χ3v) is 7.82. The van der Waals surface area contributed by atoms with Gasteiger partial charge in [-0.05, 0) is 74.0 Å². The Balaban J connectivity index is 1.70. The molecule has 4 aliphatic carbocycles. The van der Waals surface area contributed by atoms with Crippen LogP contribution in [0.15, 0.2) is 12.2 Å². The lowest BCUT2D eigenvalue weighted by Crippen LogP contribution is -2.51. The van der Waals surface area contributed by atoms with Gasteiger partial charge < -0.3 is 0 Å². The van der Waals surface area contributed by atoms with Gasteiger partial charge in [-0.2, -0.15) is 0 Å². The van der Waals surface area contributed by atoms with Crippen molar-refractivity contribution in [1.29, 1.82) is 0 Å². The molecular weight excluding hydrogens is 263 g/mol. The van der Waals surface area contributed by atoms with Crippen LogP contribution in [0, 0.1) is 34.5 Å². The fourth-order valence-electron chi connectivity index (χ4n) is 6.57. The molecule has 1 nitrogen and oxygen atoms in total. The van der Waals surface area contributed by atoms with Crippen molar-refractivity contribution in [2.24, 2.45) is 34.5 Å². The molecule has 0 amide bonds. The third-order valence-electron chi connectivity index (χ3n) is 7.82. The van der Waals surface area contributed by atoms with Crippen molar-refractivity contribution in [2.75, 3.05) is 0 Å². The molecule has 3 fully saturated rings. The van der Waals surface area contributed by atoms with Gasteiger partial charge in [0.25, 0.3) is 0 Å². The first-order valence-corrected chi connectivity index (χ1v) is 8.83. The van der Waals surface area contributed by atoms with Crippen LogP contribution in [0.2, 0.25) is 0 Å². The van der Waals surface area contributed by atoms with Crippen molar-refractivity contribution >= 4 is 5.78 Å². The highest BCUT2D eigenvalue weighted by Gasteiger charge is 2.61. The lowest BCUT2D eigenvalue weighted by Gasteiger charge is -2.57. The fraction of sp³-hybridized carbons (Fsp3) is 0.842. The van der Waals surface area contributed by atoms with Crippen LogP contribution in [0.25, 0.3) is 0 Å². The standard InChI is InChI=1S/C19H27FO/c1-18-9-4-3-5-12(18)6-7-13-14(18)8-10-19(2)15(13)11-16(20)17(19)21/h4,9,12-16H,3,5-8,10-11H2,1-2H3/t12-,13-,14+,15+,16-,18+,19+/m1/s1. The van der Waals surface area contributed by atoms with Crippen LogP contribution in [0.5, 0.6) is 0 Å². The maximum absolute atomic E-state index is 14.1. The van der Waals surface area contributed by atoms with Crippen LogP contribution in [0.4, 0.5) is 4.39 Å². The highest BCUT2D eigenvalue weighted by Crippen LogP contribution is 2.64. The highest BCUT2D eigenvalue weighted by atomic mass is 19.1. The van der Waals surface area contributed by atoms with Gasteiger partial charge in [-0.15, -0.1) is 0 Å². The maximum Gasteiger partial charge on any atom is 0.173 e. The number of Topliss-reactive ketones (excluding diaryl/α,β-unsaturated/α-hetero) is 1. The van der Waals surface area contributed by atoms with Crippen molar-refractivity contribution in [1.82, 2.24) is 0 Å². The van der Waals surface area contributed by atoms with E-state index in [2.05, 4.69) is 26.0 Å². The van der Waals surface area contributed by atoms with Crippen LogP contribution in [-0.4, -0.2) is 12.0 Å². The minimum Gasteiger partial charge on any atom is -0.296 e. The van der Waals surface area contributed by atoms with E-state index >= 15 is 0 Å². The predicted octanol–water partition coefficient (Wildman–Crippen LogP) is 4.71. The molecule has 116 valence electrons. The molecule has 3 saturated carbocycles. The van der Waals surface area contributed by atoms with Crippen molar-refractivity contribution in [3.05, 3.63) is 12.2 Å². The average molecular weight is 290 g/mol. The molecule has 0 radical (unpaired) electrons. The van der Waals surface area contributed by atoms with Crippen LogP contribution < -0.4 is 0 Å². The van der Waals surface area contributed by atoms with Crippen LogP contribution in [0.3, 0.4) is 0 Å². The van der Waals surface area contributed by atoms with E-state index in [0.29, 0.717) is 29.6 Å². The van der Waals surface area contributed by atoms with Gasteiger partial charge in [-0.3, -0.25) is 4.79 Å². The molecule has 21 heavy (non-hydrogen) atoms. The zero-order chi connectivity index (χ0) is 14.8. The number of hydrogen-bond donors (Lipinski definition) is 0. The van der Waals surface area contributed by atoms with E-state index in [1.807, 2.05) is 0 Å². The number of allylic oxidation sites excluding steroid dienone is 2. The summed E-state index contributed by atoms with van der Waals surface area (Å²) in [6.07, 6.45) is 11.2. The summed E-state index contributed by atoms with van der Waals surface area (Å²) in [5.74, 6) is 2.26. The molecule has 0 saturated heterocycles. The summed E-state index contributed by atoms with van der Waals surface area (Å²) < 4.78 is 14.1. The third kappa shape index (κ3) is 1.71. The molecule has 0 bridgehead atoms. The summed E-state index contributed by atoms with van der Waals surface area (Å²) in [4.78, 5) is 12.3. The number of carbonyl (C=O) groups excluding carboxylic acids is 1. The quantitative estimate of drug-likeness (QED) is 0.590. The Bertz CT molecular complexity index is 498. The molecule has 4 aliphatic rings. The van der Waals surface area contributed by atoms with E-state index in [9.17, 15) is 9.18 Å².